The van der Waals surface area contributed by atoms with E-state index in [1.807, 2.05) is 44.2 Å². The molecule has 3 rings (SSSR count). The number of nitrogens with one attached hydrogen (secondary N) is 1. The number of carbonyl (C=O) groups is 1. The lowest BCUT2D eigenvalue weighted by molar-refractivity contribution is -0.127. The van der Waals surface area contributed by atoms with Gasteiger partial charge in [-0.1, -0.05) is 39.0 Å². The maximum Gasteiger partial charge on any atom is 0.263 e. The zero-order chi connectivity index (χ0) is 23.7. The maximum absolute atomic E-state index is 12.7. The molecule has 2 aromatic carbocycles. The number of hydrogen-bond donors (Lipinski definition) is 1. The molecule has 32 heavy (non-hydrogen) atoms. The topological polar surface area (TPSA) is 84.9 Å². The van der Waals surface area contributed by atoms with E-state index in [1.54, 1.807) is 6.07 Å². The monoisotopic (exact) mass is 460 g/mol. The molecule has 0 saturated heterocycles. The molecule has 1 heterocycles. The predicted octanol–water partition coefficient (Wildman–Crippen LogP) is 3.32. The molecule has 0 radical (unpaired) electrons. The minimum absolute atomic E-state index is 0.0802. The van der Waals surface area contributed by atoms with Crippen LogP contribution in [0.1, 0.15) is 37.5 Å². The van der Waals surface area contributed by atoms with Gasteiger partial charge >= 0.3 is 0 Å². The fourth-order valence-electron chi connectivity index (χ4n) is 3.48. The normalized spacial score (nSPS) is 16.2. The van der Waals surface area contributed by atoms with Crippen LogP contribution < -0.4 is 19.1 Å². The minimum Gasteiger partial charge on any atom is -0.491 e. The summed E-state index contributed by atoms with van der Waals surface area (Å²) < 4.78 is 37.8. The van der Waals surface area contributed by atoms with Gasteiger partial charge in [0, 0.05) is 0 Å². The Labute approximate surface area is 190 Å². The van der Waals surface area contributed by atoms with Gasteiger partial charge in [0.15, 0.2) is 6.10 Å². The molecule has 1 N–H and O–H groups in total. The fraction of sp³-hybridized carbons (Fsp3) is 0.458. The summed E-state index contributed by atoms with van der Waals surface area (Å²) in [6.07, 6.45) is 0.192. The quantitative estimate of drug-likeness (QED) is 0.669. The lowest BCUT2D eigenvalue weighted by Gasteiger charge is -2.35. The molecule has 0 aromatic heterocycles. The molecule has 0 fully saturated rings. The van der Waals surface area contributed by atoms with Gasteiger partial charge in [-0.3, -0.25) is 9.10 Å². The molecule has 0 bridgehead atoms. The van der Waals surface area contributed by atoms with E-state index >= 15 is 0 Å². The number of hydrogen-bond acceptors (Lipinski definition) is 5. The molecule has 7 nitrogen and oxygen atoms in total. The van der Waals surface area contributed by atoms with Crippen molar-refractivity contribution in [1.82, 2.24) is 5.32 Å². The van der Waals surface area contributed by atoms with Crippen LogP contribution in [0.5, 0.6) is 11.5 Å². The molecular formula is C24H32N2O5S. The van der Waals surface area contributed by atoms with Gasteiger partial charge in [-0.25, -0.2) is 8.42 Å². The summed E-state index contributed by atoms with van der Waals surface area (Å²) in [5.74, 6) is 0.773. The molecule has 0 saturated carbocycles. The van der Waals surface area contributed by atoms with Crippen molar-refractivity contribution < 1.29 is 22.7 Å². The molecule has 1 amide bonds. The Hall–Kier alpha value is -2.74. The predicted molar refractivity (Wildman–Crippen MR) is 126 cm³/mol. The van der Waals surface area contributed by atoms with E-state index < -0.39 is 16.1 Å². The molecule has 2 aromatic rings. The molecule has 0 aliphatic carbocycles. The average Bonchev–Trinajstić information content (AvgIpc) is 2.70. The highest BCUT2D eigenvalue weighted by molar-refractivity contribution is 7.92. The van der Waals surface area contributed by atoms with Crippen LogP contribution >= 0.6 is 0 Å². The van der Waals surface area contributed by atoms with E-state index in [1.165, 1.54) is 4.31 Å². The number of benzene rings is 2. The molecule has 8 heteroatoms. The van der Waals surface area contributed by atoms with Gasteiger partial charge in [-0.2, -0.15) is 0 Å². The largest absolute Gasteiger partial charge is 0.491 e. The smallest absolute Gasteiger partial charge is 0.263 e. The summed E-state index contributed by atoms with van der Waals surface area (Å²) in [5, 5.41) is 2.78. The van der Waals surface area contributed by atoms with E-state index in [9.17, 15) is 13.2 Å². The lowest BCUT2D eigenvalue weighted by Crippen LogP contribution is -2.51. The molecule has 1 atom stereocenters. The summed E-state index contributed by atoms with van der Waals surface area (Å²) >= 11 is 0. The Bertz CT molecular complexity index is 1110. The van der Waals surface area contributed by atoms with Crippen LogP contribution in [-0.4, -0.2) is 46.4 Å². The molecule has 174 valence electrons. The Kier molecular flexibility index (Phi) is 6.74. The summed E-state index contributed by atoms with van der Waals surface area (Å²) in [6.45, 7) is 10.6. The zero-order valence-electron chi connectivity index (χ0n) is 19.6. The van der Waals surface area contributed by atoms with E-state index in [-0.39, 0.29) is 24.4 Å². The van der Waals surface area contributed by atoms with Crippen molar-refractivity contribution >= 4 is 21.6 Å². The van der Waals surface area contributed by atoms with Gasteiger partial charge < -0.3 is 14.8 Å². The van der Waals surface area contributed by atoms with Crippen molar-refractivity contribution in [3.63, 3.8) is 0 Å². The summed E-state index contributed by atoms with van der Waals surface area (Å²) in [6, 6.07) is 11.4. The third-order valence-electron chi connectivity index (χ3n) is 5.39. The average molecular weight is 461 g/mol. The summed E-state index contributed by atoms with van der Waals surface area (Å²) in [5.41, 5.74) is 3.41. The number of fused-ring (bicyclic) bond motifs is 1. The highest BCUT2D eigenvalue weighted by Crippen LogP contribution is 2.38. The number of amides is 1. The van der Waals surface area contributed by atoms with Crippen molar-refractivity contribution in [3.05, 3.63) is 53.1 Å². The third-order valence-corrected chi connectivity index (χ3v) is 6.54. The number of anilines is 1. The first-order valence-electron chi connectivity index (χ1n) is 10.6. The number of nitrogens with zero attached hydrogens (tertiary/aromatic N) is 1. The standard InChI is InChI=1S/C24H32N2O5S/c1-16-7-8-17(2)21(13-16)30-12-11-25-23(27)22-15-26(32(6,28)29)19-14-18(24(3,4)5)9-10-20(19)31-22/h7-10,13-14,22H,11-12,15H2,1-6H3,(H,25,27)/t22-/m1/s1. The van der Waals surface area contributed by atoms with Crippen LogP contribution in [0.15, 0.2) is 36.4 Å². The van der Waals surface area contributed by atoms with Crippen LogP contribution in [0.3, 0.4) is 0 Å². The third kappa shape index (κ3) is 5.54. The Balaban J connectivity index is 1.68. The molecule has 1 aliphatic rings. The fourth-order valence-corrected chi connectivity index (χ4v) is 4.39. The van der Waals surface area contributed by atoms with Crippen LogP contribution in [0, 0.1) is 13.8 Å². The lowest BCUT2D eigenvalue weighted by atomic mass is 9.86. The first kappa shape index (κ1) is 23.9. The first-order chi connectivity index (χ1) is 14.9. The van der Waals surface area contributed by atoms with E-state index in [4.69, 9.17) is 9.47 Å². The number of carbonyl (C=O) groups excluding carboxylic acids is 1. The van der Waals surface area contributed by atoms with Gasteiger partial charge in [0.1, 0.15) is 18.1 Å². The second kappa shape index (κ2) is 9.02. The van der Waals surface area contributed by atoms with Crippen LogP contribution in [-0.2, 0) is 20.2 Å². The van der Waals surface area contributed by atoms with Gasteiger partial charge in [0.2, 0.25) is 10.0 Å². The molecule has 1 aliphatic heterocycles. The van der Waals surface area contributed by atoms with Crippen LogP contribution in [0.4, 0.5) is 5.69 Å². The van der Waals surface area contributed by atoms with Crippen molar-refractivity contribution in [3.8, 4) is 11.5 Å². The second-order valence-corrected chi connectivity index (χ2v) is 11.1. The summed E-state index contributed by atoms with van der Waals surface area (Å²) in [4.78, 5) is 12.7. The van der Waals surface area contributed by atoms with E-state index in [0.29, 0.717) is 18.0 Å². The van der Waals surface area contributed by atoms with E-state index in [2.05, 4.69) is 26.1 Å². The zero-order valence-corrected chi connectivity index (χ0v) is 20.4. The Morgan fingerprint density at radius 1 is 1.19 bits per heavy atom. The second-order valence-electron chi connectivity index (χ2n) is 9.24. The maximum atomic E-state index is 12.7. The van der Waals surface area contributed by atoms with Gasteiger partial charge in [0.05, 0.1) is 25.0 Å². The molecule has 0 unspecified atom stereocenters. The van der Waals surface area contributed by atoms with Crippen LogP contribution in [0.2, 0.25) is 0 Å². The van der Waals surface area contributed by atoms with Crippen molar-refractivity contribution in [1.29, 1.82) is 0 Å². The van der Waals surface area contributed by atoms with Crippen LogP contribution in [0.25, 0.3) is 0 Å². The number of aryl methyl sites for hydroxylation is 2. The molecule has 0 spiro atoms. The van der Waals surface area contributed by atoms with Crippen molar-refractivity contribution in [2.24, 2.45) is 0 Å². The minimum atomic E-state index is -3.59. The Morgan fingerprint density at radius 2 is 1.91 bits per heavy atom. The van der Waals surface area contributed by atoms with Crippen molar-refractivity contribution in [2.75, 3.05) is 30.3 Å². The number of rotatable bonds is 6. The number of ether oxygens (including phenoxy) is 2. The van der Waals surface area contributed by atoms with Gasteiger partial charge in [-0.15, -0.1) is 0 Å². The first-order valence-corrected chi connectivity index (χ1v) is 12.5. The highest BCUT2D eigenvalue weighted by atomic mass is 32.2. The van der Waals surface area contributed by atoms with E-state index in [0.717, 1.165) is 28.7 Å². The van der Waals surface area contributed by atoms with Crippen molar-refractivity contribution in [2.45, 2.75) is 46.1 Å². The molecular weight excluding hydrogens is 428 g/mol. The van der Waals surface area contributed by atoms with Gasteiger partial charge in [-0.05, 0) is 54.2 Å². The number of sulfonamides is 1. The summed E-state index contributed by atoms with van der Waals surface area (Å²) in [7, 11) is -3.59. The highest BCUT2D eigenvalue weighted by Gasteiger charge is 2.35. The SMILES string of the molecule is Cc1ccc(C)c(OCCNC(=O)[C@H]2CN(S(C)(=O)=O)c3cc(C(C)(C)C)ccc3O2)c1. The Morgan fingerprint density at radius 3 is 2.56 bits per heavy atom. The van der Waals surface area contributed by atoms with Gasteiger partial charge in [0.25, 0.3) is 5.91 Å².